The summed E-state index contributed by atoms with van der Waals surface area (Å²) < 4.78 is 26.4. The van der Waals surface area contributed by atoms with Crippen molar-refractivity contribution in [2.24, 2.45) is 16.6 Å². The fourth-order valence-electron chi connectivity index (χ4n) is 3.34. The molecule has 0 aromatic heterocycles. The molecule has 0 bridgehead atoms. The van der Waals surface area contributed by atoms with E-state index in [2.05, 4.69) is 14.8 Å². The van der Waals surface area contributed by atoms with Crippen molar-refractivity contribution in [3.05, 3.63) is 29.8 Å². The summed E-state index contributed by atoms with van der Waals surface area (Å²) in [6, 6.07) is 4.08. The molecule has 2 N–H and O–H groups in total. The lowest BCUT2D eigenvalue weighted by molar-refractivity contribution is 0.337. The van der Waals surface area contributed by atoms with Gasteiger partial charge in [0.15, 0.2) is 17.6 Å². The summed E-state index contributed by atoms with van der Waals surface area (Å²) in [7, 11) is 0. The molecule has 1 atom stereocenters. The van der Waals surface area contributed by atoms with Crippen LogP contribution in [0.1, 0.15) is 25.7 Å². The minimum atomic E-state index is -0.802. The third-order valence-corrected chi connectivity index (χ3v) is 4.75. The number of rotatable bonds is 3. The number of aliphatic imine (C=N–C) groups is 1. The van der Waals surface area contributed by atoms with Gasteiger partial charge in [0.2, 0.25) is 0 Å². The number of nitrogens with two attached hydrogens (primary N) is 1. The van der Waals surface area contributed by atoms with E-state index in [1.165, 1.54) is 31.4 Å². The van der Waals surface area contributed by atoms with E-state index >= 15 is 0 Å². The molecule has 2 saturated heterocycles. The summed E-state index contributed by atoms with van der Waals surface area (Å²) in [5, 5.41) is 0. The normalized spacial score (nSPS) is 21.8. The maximum atomic E-state index is 13.3. The van der Waals surface area contributed by atoms with Gasteiger partial charge in [-0.3, -0.25) is 4.99 Å². The summed E-state index contributed by atoms with van der Waals surface area (Å²) >= 11 is 0. The number of likely N-dealkylation sites (tertiary alicyclic amines) is 1. The zero-order valence-corrected chi connectivity index (χ0v) is 16.1. The van der Waals surface area contributed by atoms with Crippen LogP contribution in [0.25, 0.3) is 0 Å². The molecule has 0 radical (unpaired) electrons. The highest BCUT2D eigenvalue weighted by Gasteiger charge is 2.23. The highest BCUT2D eigenvalue weighted by molar-refractivity contribution is 14.0. The third kappa shape index (κ3) is 4.70. The number of anilines is 1. The fraction of sp³-hybridized carbons (Fsp3) is 0.588. The molecular formula is C17H25F2IN4. The first-order chi connectivity index (χ1) is 11.1. The minimum absolute atomic E-state index is 0. The molecule has 0 amide bonds. The maximum Gasteiger partial charge on any atom is 0.191 e. The Labute approximate surface area is 159 Å². The van der Waals surface area contributed by atoms with Crippen LogP contribution < -0.4 is 10.6 Å². The number of piperidine rings is 1. The van der Waals surface area contributed by atoms with Crippen molar-refractivity contribution >= 4 is 35.6 Å². The Kier molecular flexibility index (Phi) is 7.06. The topological polar surface area (TPSA) is 44.9 Å². The van der Waals surface area contributed by atoms with Gasteiger partial charge in [-0.2, -0.15) is 0 Å². The molecule has 1 aromatic rings. The Morgan fingerprint density at radius 1 is 1.12 bits per heavy atom. The molecular weight excluding hydrogens is 425 g/mol. The number of benzene rings is 1. The lowest BCUT2D eigenvalue weighted by atomic mass is 10.1. The summed E-state index contributed by atoms with van der Waals surface area (Å²) in [4.78, 5) is 8.79. The van der Waals surface area contributed by atoms with Gasteiger partial charge in [0.25, 0.3) is 0 Å². The van der Waals surface area contributed by atoms with Crippen LogP contribution >= 0.6 is 24.0 Å². The molecule has 0 aliphatic carbocycles. The summed E-state index contributed by atoms with van der Waals surface area (Å²) in [6.45, 7) is 4.35. The largest absolute Gasteiger partial charge is 0.371 e. The summed E-state index contributed by atoms with van der Waals surface area (Å²) in [5.74, 6) is -0.538. The quantitative estimate of drug-likeness (QED) is 0.437. The lowest BCUT2D eigenvalue weighted by Crippen LogP contribution is -2.41. The molecule has 4 nitrogen and oxygen atoms in total. The molecule has 0 saturated carbocycles. The molecule has 134 valence electrons. The summed E-state index contributed by atoms with van der Waals surface area (Å²) in [5.41, 5.74) is 6.82. The van der Waals surface area contributed by atoms with Crippen LogP contribution in [0.4, 0.5) is 14.5 Å². The third-order valence-electron chi connectivity index (χ3n) is 4.75. The second-order valence-corrected chi connectivity index (χ2v) is 6.45. The van der Waals surface area contributed by atoms with E-state index in [0.717, 1.165) is 38.3 Å². The van der Waals surface area contributed by atoms with Crippen LogP contribution in [0.15, 0.2) is 23.2 Å². The van der Waals surface area contributed by atoms with Crippen molar-refractivity contribution < 1.29 is 8.78 Å². The highest BCUT2D eigenvalue weighted by atomic mass is 127. The molecule has 2 fully saturated rings. The second kappa shape index (κ2) is 8.82. The molecule has 7 heteroatoms. The van der Waals surface area contributed by atoms with Gasteiger partial charge in [-0.05, 0) is 43.7 Å². The predicted molar refractivity (Wildman–Crippen MR) is 104 cm³/mol. The Balaban J connectivity index is 0.00000208. The van der Waals surface area contributed by atoms with Gasteiger partial charge in [-0.1, -0.05) is 0 Å². The fourth-order valence-corrected chi connectivity index (χ4v) is 3.34. The lowest BCUT2D eigenvalue weighted by Gasteiger charge is -2.27. The minimum Gasteiger partial charge on any atom is -0.371 e. The van der Waals surface area contributed by atoms with Crippen LogP contribution in [0, 0.1) is 17.6 Å². The monoisotopic (exact) mass is 450 g/mol. The van der Waals surface area contributed by atoms with Crippen LogP contribution in [0.2, 0.25) is 0 Å². The first-order valence-corrected chi connectivity index (χ1v) is 8.38. The SMILES string of the molecule is I.NC(=NCC1CCN(c2ccc(F)c(F)c2)C1)N1CCCCC1. The number of nitrogens with zero attached hydrogens (tertiary/aromatic N) is 3. The first kappa shape index (κ1) is 19.2. The molecule has 1 unspecified atom stereocenters. The van der Waals surface area contributed by atoms with Gasteiger partial charge in [-0.15, -0.1) is 24.0 Å². The van der Waals surface area contributed by atoms with E-state index in [4.69, 9.17) is 5.73 Å². The van der Waals surface area contributed by atoms with E-state index in [-0.39, 0.29) is 24.0 Å². The van der Waals surface area contributed by atoms with Crippen LogP contribution in [-0.4, -0.2) is 43.6 Å². The number of halogens is 3. The molecule has 2 heterocycles. The molecule has 1 aromatic carbocycles. The van der Waals surface area contributed by atoms with Gasteiger partial charge in [0.1, 0.15) is 0 Å². The van der Waals surface area contributed by atoms with E-state index in [1.54, 1.807) is 6.07 Å². The molecule has 3 rings (SSSR count). The van der Waals surface area contributed by atoms with Crippen LogP contribution in [0.5, 0.6) is 0 Å². The van der Waals surface area contributed by atoms with Crippen molar-refractivity contribution in [1.29, 1.82) is 0 Å². The Bertz CT molecular complexity index is 576. The van der Waals surface area contributed by atoms with E-state index < -0.39 is 11.6 Å². The van der Waals surface area contributed by atoms with Crippen molar-refractivity contribution in [3.63, 3.8) is 0 Å². The summed E-state index contributed by atoms with van der Waals surface area (Å²) in [6.07, 6.45) is 4.64. The Hall–Kier alpha value is -1.12. The molecule has 2 aliphatic rings. The van der Waals surface area contributed by atoms with E-state index in [0.29, 0.717) is 18.4 Å². The first-order valence-electron chi connectivity index (χ1n) is 8.38. The zero-order valence-electron chi connectivity index (χ0n) is 13.8. The standard InChI is InChI=1S/C17H24F2N4.HI/c18-15-5-4-14(10-16(15)19)23-9-6-13(12-23)11-21-17(20)22-7-2-1-3-8-22;/h4-5,10,13H,1-3,6-9,11-12H2,(H2,20,21);1H. The molecule has 24 heavy (non-hydrogen) atoms. The van der Waals surface area contributed by atoms with Crippen molar-refractivity contribution in [2.75, 3.05) is 37.6 Å². The number of hydrogen-bond acceptors (Lipinski definition) is 2. The zero-order chi connectivity index (χ0) is 16.2. The molecule has 0 spiro atoms. The van der Waals surface area contributed by atoms with Gasteiger partial charge in [0, 0.05) is 44.5 Å². The average Bonchev–Trinajstić information content (AvgIpc) is 3.05. The van der Waals surface area contributed by atoms with Crippen LogP contribution in [0.3, 0.4) is 0 Å². The maximum absolute atomic E-state index is 13.3. The van der Waals surface area contributed by atoms with E-state index in [1.807, 2.05) is 0 Å². The van der Waals surface area contributed by atoms with Gasteiger partial charge in [0.05, 0.1) is 0 Å². The smallest absolute Gasteiger partial charge is 0.191 e. The van der Waals surface area contributed by atoms with Gasteiger partial charge >= 0.3 is 0 Å². The Morgan fingerprint density at radius 3 is 2.58 bits per heavy atom. The van der Waals surface area contributed by atoms with Crippen molar-refractivity contribution in [1.82, 2.24) is 4.90 Å². The van der Waals surface area contributed by atoms with Gasteiger partial charge in [-0.25, -0.2) is 8.78 Å². The van der Waals surface area contributed by atoms with Crippen molar-refractivity contribution in [3.8, 4) is 0 Å². The van der Waals surface area contributed by atoms with Gasteiger partial charge < -0.3 is 15.5 Å². The predicted octanol–water partition coefficient (Wildman–Crippen LogP) is 3.21. The molecule has 2 aliphatic heterocycles. The number of hydrogen-bond donors (Lipinski definition) is 1. The van der Waals surface area contributed by atoms with E-state index in [9.17, 15) is 8.78 Å². The Morgan fingerprint density at radius 2 is 1.88 bits per heavy atom. The second-order valence-electron chi connectivity index (χ2n) is 6.45. The van der Waals surface area contributed by atoms with Crippen LogP contribution in [-0.2, 0) is 0 Å². The average molecular weight is 450 g/mol. The van der Waals surface area contributed by atoms with Crippen molar-refractivity contribution in [2.45, 2.75) is 25.7 Å². The number of guanidine groups is 1. The highest BCUT2D eigenvalue weighted by Crippen LogP contribution is 2.25.